The Morgan fingerprint density at radius 3 is 2.02 bits per heavy atom. The van der Waals surface area contributed by atoms with Gasteiger partial charge in [-0.15, -0.1) is 0 Å². The average Bonchev–Trinajstić information content (AvgIpc) is 3.50. The molecule has 0 saturated carbocycles. The number of carbonyl (C=O) groups excluding carboxylic acids is 1. The Hall–Kier alpha value is -5.16. The number of aliphatic hydroxyl groups is 1. The standard InChI is InChI=1S/C39H40N4O5S/c1-49(46,47)48-35-21-20-30-12-11-19-37(36(30)26-35)41-38(45)27-40-23-22-34-28-43(29-42(34)24-25-44)39(31-13-5-2-6-14-31,32-15-7-3-8-16-32)33-17-9-4-10-18-33/h2-21,26,28,40,44H,22-25,27,29H2,1H3,(H,41,45). The molecule has 0 radical (unpaired) electrons. The van der Waals surface area contributed by atoms with E-state index in [9.17, 15) is 18.3 Å². The highest BCUT2D eigenvalue weighted by Crippen LogP contribution is 2.45. The molecule has 1 heterocycles. The van der Waals surface area contributed by atoms with E-state index >= 15 is 0 Å². The molecule has 0 unspecified atom stereocenters. The molecule has 0 aromatic heterocycles. The summed E-state index contributed by atoms with van der Waals surface area (Å²) in [7, 11) is -3.69. The Morgan fingerprint density at radius 1 is 0.837 bits per heavy atom. The molecule has 5 aromatic carbocycles. The average molecular weight is 677 g/mol. The van der Waals surface area contributed by atoms with Crippen LogP contribution in [0.4, 0.5) is 5.69 Å². The number of nitrogens with zero attached hydrogens (tertiary/aromatic N) is 2. The number of hydrogen-bond donors (Lipinski definition) is 3. The molecule has 49 heavy (non-hydrogen) atoms. The lowest BCUT2D eigenvalue weighted by atomic mass is 9.76. The van der Waals surface area contributed by atoms with E-state index in [-0.39, 0.29) is 24.8 Å². The second kappa shape index (κ2) is 14.9. The van der Waals surface area contributed by atoms with Gasteiger partial charge < -0.3 is 29.7 Å². The van der Waals surface area contributed by atoms with E-state index in [0.717, 1.165) is 34.0 Å². The Kier molecular flexibility index (Phi) is 10.3. The number of carbonyl (C=O) groups is 1. The minimum Gasteiger partial charge on any atom is -0.395 e. The van der Waals surface area contributed by atoms with Gasteiger partial charge in [0.1, 0.15) is 11.3 Å². The van der Waals surface area contributed by atoms with Crippen LogP contribution in [-0.4, -0.2) is 68.4 Å². The molecule has 9 nitrogen and oxygen atoms in total. The zero-order chi connectivity index (χ0) is 34.3. The molecule has 5 aromatic rings. The Balaban J connectivity index is 1.20. The zero-order valence-corrected chi connectivity index (χ0v) is 28.1. The van der Waals surface area contributed by atoms with Gasteiger partial charge in [-0.3, -0.25) is 4.79 Å². The number of anilines is 1. The first kappa shape index (κ1) is 33.7. The van der Waals surface area contributed by atoms with Gasteiger partial charge in [0.25, 0.3) is 0 Å². The predicted octanol–water partition coefficient (Wildman–Crippen LogP) is 5.50. The molecule has 1 amide bonds. The van der Waals surface area contributed by atoms with E-state index in [1.165, 1.54) is 0 Å². The molecule has 0 saturated heterocycles. The molecular weight excluding hydrogens is 637 g/mol. The largest absolute Gasteiger partial charge is 0.395 e. The molecule has 10 heteroatoms. The molecule has 252 valence electrons. The third-order valence-electron chi connectivity index (χ3n) is 8.63. The van der Waals surface area contributed by atoms with Crippen molar-refractivity contribution in [1.82, 2.24) is 15.1 Å². The predicted molar refractivity (Wildman–Crippen MR) is 193 cm³/mol. The van der Waals surface area contributed by atoms with Crippen LogP contribution in [0.2, 0.25) is 0 Å². The van der Waals surface area contributed by atoms with Gasteiger partial charge in [-0.2, -0.15) is 8.42 Å². The van der Waals surface area contributed by atoms with Crippen LogP contribution in [0.1, 0.15) is 23.1 Å². The van der Waals surface area contributed by atoms with Gasteiger partial charge in [-0.25, -0.2) is 0 Å². The van der Waals surface area contributed by atoms with Gasteiger partial charge in [0.05, 0.1) is 26.1 Å². The number of fused-ring (bicyclic) bond motifs is 1. The van der Waals surface area contributed by atoms with Gasteiger partial charge >= 0.3 is 10.1 Å². The van der Waals surface area contributed by atoms with Crippen molar-refractivity contribution in [3.05, 3.63) is 156 Å². The Morgan fingerprint density at radius 2 is 1.45 bits per heavy atom. The molecule has 1 aliphatic heterocycles. The van der Waals surface area contributed by atoms with Crippen molar-refractivity contribution in [2.75, 3.05) is 44.5 Å². The van der Waals surface area contributed by atoms with E-state index in [1.807, 2.05) is 30.3 Å². The highest BCUT2D eigenvalue weighted by atomic mass is 32.2. The van der Waals surface area contributed by atoms with E-state index in [0.29, 0.717) is 37.3 Å². The number of aliphatic hydroxyl groups excluding tert-OH is 1. The summed E-state index contributed by atoms with van der Waals surface area (Å²) in [6.45, 7) is 1.67. The minimum absolute atomic E-state index is 0.0119. The Bertz CT molecular complexity index is 1930. The summed E-state index contributed by atoms with van der Waals surface area (Å²) in [4.78, 5) is 17.6. The quantitative estimate of drug-likeness (QED) is 0.0804. The van der Waals surface area contributed by atoms with Crippen molar-refractivity contribution in [3.63, 3.8) is 0 Å². The second-order valence-electron chi connectivity index (χ2n) is 12.0. The monoisotopic (exact) mass is 676 g/mol. The van der Waals surface area contributed by atoms with Gasteiger partial charge in [-0.05, 0) is 40.3 Å². The summed E-state index contributed by atoms with van der Waals surface area (Å²) in [5.41, 5.74) is 4.38. The van der Waals surface area contributed by atoms with Crippen molar-refractivity contribution in [2.45, 2.75) is 12.0 Å². The van der Waals surface area contributed by atoms with Gasteiger partial charge in [0, 0.05) is 42.5 Å². The number of hydrogen-bond acceptors (Lipinski definition) is 8. The number of β-amino-alcohol motifs (C(OH)–C–C–N with tert-alkyl or cyclic N) is 1. The number of benzene rings is 5. The van der Waals surface area contributed by atoms with Crippen molar-refractivity contribution in [1.29, 1.82) is 0 Å². The maximum atomic E-state index is 13.0. The molecule has 1 aliphatic rings. The highest BCUT2D eigenvalue weighted by Gasteiger charge is 2.43. The van der Waals surface area contributed by atoms with Crippen molar-refractivity contribution >= 4 is 32.5 Å². The lowest BCUT2D eigenvalue weighted by Gasteiger charge is -2.44. The summed E-state index contributed by atoms with van der Waals surface area (Å²) in [5.74, 6) is -0.0515. The van der Waals surface area contributed by atoms with Gasteiger partial charge in [0.15, 0.2) is 0 Å². The first-order valence-electron chi connectivity index (χ1n) is 16.2. The summed E-state index contributed by atoms with van der Waals surface area (Å²) >= 11 is 0. The van der Waals surface area contributed by atoms with E-state index in [2.05, 4.69) is 99.4 Å². The lowest BCUT2D eigenvalue weighted by Crippen LogP contribution is -2.46. The van der Waals surface area contributed by atoms with Crippen LogP contribution in [0.15, 0.2) is 139 Å². The first-order valence-corrected chi connectivity index (χ1v) is 18.0. The second-order valence-corrected chi connectivity index (χ2v) is 13.6. The van der Waals surface area contributed by atoms with Gasteiger partial charge in [0.2, 0.25) is 5.91 Å². The third kappa shape index (κ3) is 7.62. The fraction of sp³-hybridized carbons (Fsp3) is 0.205. The topological polar surface area (TPSA) is 111 Å². The van der Waals surface area contributed by atoms with Crippen LogP contribution >= 0.6 is 0 Å². The van der Waals surface area contributed by atoms with Crippen LogP contribution in [0.25, 0.3) is 10.8 Å². The third-order valence-corrected chi connectivity index (χ3v) is 9.12. The van der Waals surface area contributed by atoms with Crippen molar-refractivity contribution < 1.29 is 22.5 Å². The number of rotatable bonds is 14. The fourth-order valence-electron chi connectivity index (χ4n) is 6.57. The van der Waals surface area contributed by atoms with Crippen LogP contribution in [-0.2, 0) is 20.5 Å². The summed E-state index contributed by atoms with van der Waals surface area (Å²) < 4.78 is 28.3. The number of nitrogens with one attached hydrogen (secondary N) is 2. The molecule has 0 fully saturated rings. The maximum absolute atomic E-state index is 13.0. The summed E-state index contributed by atoms with van der Waals surface area (Å²) in [5, 5.41) is 17.7. The summed E-state index contributed by atoms with van der Waals surface area (Å²) in [6.07, 6.45) is 3.82. The van der Waals surface area contributed by atoms with Gasteiger partial charge in [-0.1, -0.05) is 109 Å². The van der Waals surface area contributed by atoms with Crippen molar-refractivity contribution in [2.24, 2.45) is 0 Å². The van der Waals surface area contributed by atoms with Crippen LogP contribution in [0.5, 0.6) is 5.75 Å². The molecule has 0 spiro atoms. The van der Waals surface area contributed by atoms with Crippen molar-refractivity contribution in [3.8, 4) is 5.75 Å². The summed E-state index contributed by atoms with van der Waals surface area (Å²) in [6, 6.07) is 41.9. The SMILES string of the molecule is CS(=O)(=O)Oc1ccc2cccc(NC(=O)CNCCC3=CN(C(c4ccccc4)(c4ccccc4)c4ccccc4)CN3CCO)c2c1. The molecule has 0 bridgehead atoms. The smallest absolute Gasteiger partial charge is 0.306 e. The fourth-order valence-corrected chi connectivity index (χ4v) is 7.03. The van der Waals surface area contributed by atoms with Crippen LogP contribution < -0.4 is 14.8 Å². The van der Waals surface area contributed by atoms with E-state index < -0.39 is 15.7 Å². The van der Waals surface area contributed by atoms with Crippen LogP contribution in [0.3, 0.4) is 0 Å². The highest BCUT2D eigenvalue weighted by molar-refractivity contribution is 7.86. The van der Waals surface area contributed by atoms with E-state index in [1.54, 1.807) is 24.3 Å². The molecular formula is C39H40N4O5S. The van der Waals surface area contributed by atoms with E-state index in [4.69, 9.17) is 4.18 Å². The molecule has 0 aliphatic carbocycles. The lowest BCUT2D eigenvalue weighted by molar-refractivity contribution is -0.115. The first-order chi connectivity index (χ1) is 23.8. The molecule has 3 N–H and O–H groups in total. The minimum atomic E-state index is -3.69. The molecule has 6 rings (SSSR count). The zero-order valence-electron chi connectivity index (χ0n) is 27.3. The molecule has 0 atom stereocenters. The van der Waals surface area contributed by atoms with Crippen LogP contribution in [0, 0.1) is 0 Å². The normalized spacial score (nSPS) is 13.4. The maximum Gasteiger partial charge on any atom is 0.306 e. The Labute approximate surface area is 287 Å². The number of amides is 1.